The van der Waals surface area contributed by atoms with Crippen molar-refractivity contribution in [3.8, 4) is 0 Å². The van der Waals surface area contributed by atoms with Gasteiger partial charge in [0.1, 0.15) is 11.6 Å². The number of benzene rings is 1. The standard InChI is InChI=1S/C13H14F2N4O/c14-9-1-4-11(15)8(5-9)6-17-13-19-18-12(20-13)7-16-10-2-3-10/h1,4-5,10,16H,2-3,6-7H2,(H,17,19). The summed E-state index contributed by atoms with van der Waals surface area (Å²) >= 11 is 0. The molecule has 1 aromatic heterocycles. The Hall–Kier alpha value is -2.02. The van der Waals surface area contributed by atoms with Crippen LogP contribution in [0.5, 0.6) is 0 Å². The van der Waals surface area contributed by atoms with E-state index in [1.165, 1.54) is 12.8 Å². The van der Waals surface area contributed by atoms with E-state index in [0.29, 0.717) is 18.5 Å². The first-order valence-electron chi connectivity index (χ1n) is 6.44. The van der Waals surface area contributed by atoms with Gasteiger partial charge in [0.15, 0.2) is 0 Å². The van der Waals surface area contributed by atoms with E-state index in [1.54, 1.807) is 0 Å². The van der Waals surface area contributed by atoms with Crippen molar-refractivity contribution in [3.63, 3.8) is 0 Å². The molecule has 1 heterocycles. The molecule has 5 nitrogen and oxygen atoms in total. The van der Waals surface area contributed by atoms with Gasteiger partial charge in [-0.2, -0.15) is 0 Å². The summed E-state index contributed by atoms with van der Waals surface area (Å²) in [6.45, 7) is 0.606. The number of nitrogens with one attached hydrogen (secondary N) is 2. The molecule has 20 heavy (non-hydrogen) atoms. The number of hydrogen-bond donors (Lipinski definition) is 2. The van der Waals surface area contributed by atoms with Crippen LogP contribution in [0.2, 0.25) is 0 Å². The van der Waals surface area contributed by atoms with Crippen molar-refractivity contribution in [1.82, 2.24) is 15.5 Å². The molecule has 2 aromatic rings. The quantitative estimate of drug-likeness (QED) is 0.849. The monoisotopic (exact) mass is 280 g/mol. The van der Waals surface area contributed by atoms with Gasteiger partial charge in [-0.3, -0.25) is 0 Å². The van der Waals surface area contributed by atoms with Crippen LogP contribution in [0, 0.1) is 11.6 Å². The average molecular weight is 280 g/mol. The highest BCUT2D eigenvalue weighted by Gasteiger charge is 2.21. The molecule has 1 aliphatic rings. The summed E-state index contributed by atoms with van der Waals surface area (Å²) in [5.41, 5.74) is 0.209. The van der Waals surface area contributed by atoms with Crippen LogP contribution in [0.4, 0.5) is 14.8 Å². The van der Waals surface area contributed by atoms with E-state index < -0.39 is 11.6 Å². The number of rotatable bonds is 6. The van der Waals surface area contributed by atoms with Crippen LogP contribution in [-0.2, 0) is 13.1 Å². The maximum atomic E-state index is 13.4. The number of halogens is 2. The smallest absolute Gasteiger partial charge is 0.315 e. The van der Waals surface area contributed by atoms with E-state index in [0.717, 1.165) is 18.2 Å². The second-order valence-electron chi connectivity index (χ2n) is 4.75. The van der Waals surface area contributed by atoms with E-state index in [9.17, 15) is 8.78 Å². The van der Waals surface area contributed by atoms with Crippen LogP contribution in [0.3, 0.4) is 0 Å². The molecule has 0 atom stereocenters. The van der Waals surface area contributed by atoms with Gasteiger partial charge in [-0.15, -0.1) is 5.10 Å². The third-order valence-corrected chi connectivity index (χ3v) is 3.02. The lowest BCUT2D eigenvalue weighted by atomic mass is 10.2. The second-order valence-corrected chi connectivity index (χ2v) is 4.75. The third-order valence-electron chi connectivity index (χ3n) is 3.02. The van der Waals surface area contributed by atoms with Gasteiger partial charge in [0.25, 0.3) is 0 Å². The summed E-state index contributed by atoms with van der Waals surface area (Å²) in [5.74, 6) is -0.490. The first-order valence-corrected chi connectivity index (χ1v) is 6.44. The Kier molecular flexibility index (Phi) is 3.60. The molecule has 0 amide bonds. The molecule has 0 bridgehead atoms. The van der Waals surface area contributed by atoms with Crippen LogP contribution >= 0.6 is 0 Å². The highest BCUT2D eigenvalue weighted by atomic mass is 19.1. The SMILES string of the molecule is Fc1ccc(F)c(CNc2nnc(CNC3CC3)o2)c1. The molecule has 1 aromatic carbocycles. The first kappa shape index (κ1) is 13.0. The molecule has 3 rings (SSSR count). The Morgan fingerprint density at radius 2 is 2.05 bits per heavy atom. The highest BCUT2D eigenvalue weighted by Crippen LogP contribution is 2.19. The van der Waals surface area contributed by atoms with Gasteiger partial charge < -0.3 is 15.1 Å². The van der Waals surface area contributed by atoms with Crippen LogP contribution < -0.4 is 10.6 Å². The van der Waals surface area contributed by atoms with E-state index in [1.807, 2.05) is 0 Å². The van der Waals surface area contributed by atoms with E-state index in [4.69, 9.17) is 4.42 Å². The lowest BCUT2D eigenvalue weighted by molar-refractivity contribution is 0.475. The molecule has 0 unspecified atom stereocenters. The van der Waals surface area contributed by atoms with Crippen molar-refractivity contribution >= 4 is 6.01 Å². The molecule has 7 heteroatoms. The Morgan fingerprint density at radius 1 is 1.20 bits per heavy atom. The fraction of sp³-hybridized carbons (Fsp3) is 0.385. The zero-order valence-corrected chi connectivity index (χ0v) is 10.7. The minimum Gasteiger partial charge on any atom is -0.407 e. The van der Waals surface area contributed by atoms with Crippen LogP contribution in [-0.4, -0.2) is 16.2 Å². The number of hydrogen-bond acceptors (Lipinski definition) is 5. The topological polar surface area (TPSA) is 63.0 Å². The van der Waals surface area contributed by atoms with Crippen LogP contribution in [0.1, 0.15) is 24.3 Å². The number of anilines is 1. The van der Waals surface area contributed by atoms with Gasteiger partial charge in [-0.05, 0) is 31.0 Å². The lowest BCUT2D eigenvalue weighted by Gasteiger charge is -2.03. The minimum absolute atomic E-state index is 0.0846. The fourth-order valence-electron chi connectivity index (χ4n) is 1.77. The number of nitrogens with zero attached hydrogens (tertiary/aromatic N) is 2. The summed E-state index contributed by atoms with van der Waals surface area (Å²) in [5, 5.41) is 13.7. The summed E-state index contributed by atoms with van der Waals surface area (Å²) in [6.07, 6.45) is 2.36. The Morgan fingerprint density at radius 3 is 2.85 bits per heavy atom. The van der Waals surface area contributed by atoms with Crippen molar-refractivity contribution in [2.24, 2.45) is 0 Å². The molecule has 1 aliphatic carbocycles. The Balaban J connectivity index is 1.55. The lowest BCUT2D eigenvalue weighted by Crippen LogP contribution is -2.15. The second kappa shape index (κ2) is 5.54. The minimum atomic E-state index is -0.483. The molecule has 1 saturated carbocycles. The van der Waals surface area contributed by atoms with Crippen LogP contribution in [0.25, 0.3) is 0 Å². The summed E-state index contributed by atoms with van der Waals surface area (Å²) in [6, 6.07) is 4.05. The Bertz CT molecular complexity index is 598. The largest absolute Gasteiger partial charge is 0.407 e. The molecule has 1 fully saturated rings. The molecular formula is C13H14F2N4O. The van der Waals surface area contributed by atoms with Crippen molar-refractivity contribution in [2.45, 2.75) is 32.0 Å². The van der Waals surface area contributed by atoms with Gasteiger partial charge >= 0.3 is 6.01 Å². The van der Waals surface area contributed by atoms with E-state index >= 15 is 0 Å². The van der Waals surface area contributed by atoms with E-state index in [-0.39, 0.29) is 18.1 Å². The predicted octanol–water partition coefficient (Wildman–Crippen LogP) is 2.21. The summed E-state index contributed by atoms with van der Waals surface area (Å²) in [7, 11) is 0. The average Bonchev–Trinajstić information content (AvgIpc) is 3.16. The first-order chi connectivity index (χ1) is 9.70. The normalized spacial score (nSPS) is 14.5. The van der Waals surface area contributed by atoms with Crippen molar-refractivity contribution in [3.05, 3.63) is 41.3 Å². The molecule has 0 radical (unpaired) electrons. The highest BCUT2D eigenvalue weighted by molar-refractivity contribution is 5.25. The summed E-state index contributed by atoms with van der Waals surface area (Å²) < 4.78 is 31.8. The van der Waals surface area contributed by atoms with Crippen molar-refractivity contribution < 1.29 is 13.2 Å². The maximum Gasteiger partial charge on any atom is 0.315 e. The summed E-state index contributed by atoms with van der Waals surface area (Å²) in [4.78, 5) is 0. The molecule has 0 spiro atoms. The van der Waals surface area contributed by atoms with Gasteiger partial charge in [0.2, 0.25) is 5.89 Å². The molecule has 0 aliphatic heterocycles. The zero-order valence-electron chi connectivity index (χ0n) is 10.7. The Labute approximate surface area is 114 Å². The predicted molar refractivity (Wildman–Crippen MR) is 67.8 cm³/mol. The molecule has 106 valence electrons. The number of aromatic nitrogens is 2. The van der Waals surface area contributed by atoms with Gasteiger partial charge in [-0.25, -0.2) is 8.78 Å². The van der Waals surface area contributed by atoms with E-state index in [2.05, 4.69) is 20.8 Å². The maximum absolute atomic E-state index is 13.4. The third kappa shape index (κ3) is 3.30. The zero-order chi connectivity index (χ0) is 13.9. The van der Waals surface area contributed by atoms with Crippen LogP contribution in [0.15, 0.2) is 22.6 Å². The van der Waals surface area contributed by atoms with Gasteiger partial charge in [-0.1, -0.05) is 5.10 Å². The van der Waals surface area contributed by atoms with Crippen molar-refractivity contribution in [1.29, 1.82) is 0 Å². The van der Waals surface area contributed by atoms with Gasteiger partial charge in [0, 0.05) is 18.2 Å². The fourth-order valence-corrected chi connectivity index (χ4v) is 1.77. The molecular weight excluding hydrogens is 266 g/mol. The molecule has 0 saturated heterocycles. The van der Waals surface area contributed by atoms with Crippen molar-refractivity contribution in [2.75, 3.05) is 5.32 Å². The van der Waals surface area contributed by atoms with Gasteiger partial charge in [0.05, 0.1) is 6.54 Å². The molecule has 2 N–H and O–H groups in total.